The van der Waals surface area contributed by atoms with Gasteiger partial charge >= 0.3 is 0 Å². The van der Waals surface area contributed by atoms with Crippen molar-refractivity contribution >= 4 is 11.6 Å². The van der Waals surface area contributed by atoms with Gasteiger partial charge in [-0.1, -0.05) is 27.2 Å². The first-order valence-electron chi connectivity index (χ1n) is 8.09. The van der Waals surface area contributed by atoms with Crippen molar-refractivity contribution in [3.05, 3.63) is 24.0 Å². The lowest BCUT2D eigenvalue weighted by Gasteiger charge is -2.23. The summed E-state index contributed by atoms with van der Waals surface area (Å²) in [5.41, 5.74) is 1.71. The summed E-state index contributed by atoms with van der Waals surface area (Å²) < 4.78 is 0. The Morgan fingerprint density at radius 2 is 1.71 bits per heavy atom. The van der Waals surface area contributed by atoms with E-state index < -0.39 is 0 Å². The van der Waals surface area contributed by atoms with Crippen molar-refractivity contribution in [3.8, 4) is 0 Å². The van der Waals surface area contributed by atoms with E-state index in [-0.39, 0.29) is 5.91 Å². The van der Waals surface area contributed by atoms with E-state index in [1.165, 1.54) is 0 Å². The Labute approximate surface area is 129 Å². The van der Waals surface area contributed by atoms with Crippen LogP contribution in [0.2, 0.25) is 0 Å². The normalized spacial score (nSPS) is 10.5. The van der Waals surface area contributed by atoms with E-state index in [0.717, 1.165) is 51.0 Å². The van der Waals surface area contributed by atoms with Gasteiger partial charge in [-0.15, -0.1) is 0 Å². The van der Waals surface area contributed by atoms with E-state index in [4.69, 9.17) is 0 Å². The van der Waals surface area contributed by atoms with Gasteiger partial charge < -0.3 is 9.80 Å². The molecular formula is C17H29N3O. The summed E-state index contributed by atoms with van der Waals surface area (Å²) in [4.78, 5) is 20.9. The second-order valence-corrected chi connectivity index (χ2v) is 5.50. The molecule has 0 N–H and O–H groups in total. The van der Waals surface area contributed by atoms with Crippen LogP contribution in [-0.2, 0) is 0 Å². The van der Waals surface area contributed by atoms with Crippen molar-refractivity contribution in [1.29, 1.82) is 0 Å². The van der Waals surface area contributed by atoms with Crippen molar-refractivity contribution in [2.45, 2.75) is 46.5 Å². The van der Waals surface area contributed by atoms with Crippen LogP contribution in [-0.4, -0.2) is 42.5 Å². The maximum atomic E-state index is 12.6. The number of unbranched alkanes of at least 4 members (excludes halogenated alkanes) is 1. The van der Waals surface area contributed by atoms with E-state index in [2.05, 4.69) is 37.7 Å². The van der Waals surface area contributed by atoms with Gasteiger partial charge in [0.2, 0.25) is 0 Å². The maximum Gasteiger partial charge on any atom is 0.255 e. The molecule has 0 unspecified atom stereocenters. The molecule has 4 heteroatoms. The van der Waals surface area contributed by atoms with Gasteiger partial charge in [0.15, 0.2) is 0 Å². The number of carbonyl (C=O) groups is 1. The molecule has 0 aromatic carbocycles. The summed E-state index contributed by atoms with van der Waals surface area (Å²) in [7, 11) is 2.05. The minimum absolute atomic E-state index is 0.0944. The van der Waals surface area contributed by atoms with Crippen LogP contribution in [0.1, 0.15) is 56.8 Å². The molecule has 0 fully saturated rings. The third kappa shape index (κ3) is 5.37. The molecule has 0 spiro atoms. The number of hydrogen-bond acceptors (Lipinski definition) is 3. The van der Waals surface area contributed by atoms with Crippen molar-refractivity contribution in [3.63, 3.8) is 0 Å². The molecule has 1 rings (SSSR count). The van der Waals surface area contributed by atoms with Crippen LogP contribution < -0.4 is 4.90 Å². The third-order valence-corrected chi connectivity index (χ3v) is 3.53. The highest BCUT2D eigenvalue weighted by molar-refractivity contribution is 5.94. The summed E-state index contributed by atoms with van der Waals surface area (Å²) in [6.07, 6.45) is 7.78. The topological polar surface area (TPSA) is 36.4 Å². The van der Waals surface area contributed by atoms with Gasteiger partial charge in [-0.2, -0.15) is 0 Å². The molecule has 21 heavy (non-hydrogen) atoms. The Balaban J connectivity index is 2.84. The first-order valence-corrected chi connectivity index (χ1v) is 8.09. The van der Waals surface area contributed by atoms with E-state index in [0.29, 0.717) is 5.56 Å². The lowest BCUT2D eigenvalue weighted by atomic mass is 10.2. The average Bonchev–Trinajstić information content (AvgIpc) is 2.51. The van der Waals surface area contributed by atoms with Crippen LogP contribution in [0.25, 0.3) is 0 Å². The summed E-state index contributed by atoms with van der Waals surface area (Å²) in [5, 5.41) is 0. The molecular weight excluding hydrogens is 262 g/mol. The molecule has 0 saturated heterocycles. The number of pyridine rings is 1. The highest BCUT2D eigenvalue weighted by Crippen LogP contribution is 2.15. The minimum Gasteiger partial charge on any atom is -0.373 e. The molecule has 1 amide bonds. The van der Waals surface area contributed by atoms with Gasteiger partial charge in [-0.3, -0.25) is 9.78 Å². The van der Waals surface area contributed by atoms with Gasteiger partial charge in [0.25, 0.3) is 5.91 Å². The minimum atomic E-state index is 0.0944. The smallest absolute Gasteiger partial charge is 0.255 e. The second-order valence-electron chi connectivity index (χ2n) is 5.50. The molecule has 1 aromatic rings. The zero-order chi connectivity index (χ0) is 15.7. The van der Waals surface area contributed by atoms with Crippen LogP contribution >= 0.6 is 0 Å². The fraction of sp³-hybridized carbons (Fsp3) is 0.647. The molecule has 0 aliphatic carbocycles. The van der Waals surface area contributed by atoms with Crippen LogP contribution in [0, 0.1) is 0 Å². The van der Waals surface area contributed by atoms with Gasteiger partial charge in [0.1, 0.15) is 0 Å². The van der Waals surface area contributed by atoms with Crippen molar-refractivity contribution < 1.29 is 4.79 Å². The quantitative estimate of drug-likeness (QED) is 0.698. The van der Waals surface area contributed by atoms with E-state index in [9.17, 15) is 4.79 Å². The second kappa shape index (κ2) is 9.37. The number of amides is 1. The zero-order valence-electron chi connectivity index (χ0n) is 13.9. The van der Waals surface area contributed by atoms with Gasteiger partial charge in [0, 0.05) is 32.9 Å². The Morgan fingerprint density at radius 1 is 1.05 bits per heavy atom. The van der Waals surface area contributed by atoms with Crippen molar-refractivity contribution in [1.82, 2.24) is 9.88 Å². The largest absolute Gasteiger partial charge is 0.373 e. The summed E-state index contributed by atoms with van der Waals surface area (Å²) in [6.45, 7) is 8.99. The maximum absolute atomic E-state index is 12.6. The lowest BCUT2D eigenvalue weighted by Crippen LogP contribution is -2.32. The molecule has 1 heterocycles. The summed E-state index contributed by atoms with van der Waals surface area (Å²) in [5.74, 6) is 0.0944. The standard InChI is InChI=1S/C17H29N3O/c1-5-8-11-19(4)16-12-15(13-18-14-16)17(21)20(9-6-2)10-7-3/h12-14H,5-11H2,1-4H3. The Hall–Kier alpha value is -1.58. The number of nitrogens with zero attached hydrogens (tertiary/aromatic N) is 3. The summed E-state index contributed by atoms with van der Waals surface area (Å²) >= 11 is 0. The highest BCUT2D eigenvalue weighted by Gasteiger charge is 2.15. The average molecular weight is 291 g/mol. The zero-order valence-corrected chi connectivity index (χ0v) is 13.9. The van der Waals surface area contributed by atoms with Gasteiger partial charge in [-0.25, -0.2) is 0 Å². The number of hydrogen-bond donors (Lipinski definition) is 0. The van der Waals surface area contributed by atoms with Crippen molar-refractivity contribution in [2.24, 2.45) is 0 Å². The van der Waals surface area contributed by atoms with Crippen LogP contribution in [0.4, 0.5) is 5.69 Å². The monoisotopic (exact) mass is 291 g/mol. The molecule has 0 bridgehead atoms. The fourth-order valence-electron chi connectivity index (χ4n) is 2.32. The van der Waals surface area contributed by atoms with E-state index in [1.807, 2.05) is 17.2 Å². The molecule has 0 aliphatic rings. The Bertz CT molecular complexity index is 428. The van der Waals surface area contributed by atoms with E-state index in [1.54, 1.807) is 6.20 Å². The van der Waals surface area contributed by atoms with E-state index >= 15 is 0 Å². The lowest BCUT2D eigenvalue weighted by molar-refractivity contribution is 0.0755. The third-order valence-electron chi connectivity index (χ3n) is 3.53. The molecule has 1 aromatic heterocycles. The van der Waals surface area contributed by atoms with Crippen LogP contribution in [0.15, 0.2) is 18.5 Å². The van der Waals surface area contributed by atoms with Gasteiger partial charge in [-0.05, 0) is 25.3 Å². The first-order chi connectivity index (χ1) is 10.1. The summed E-state index contributed by atoms with van der Waals surface area (Å²) in [6, 6.07) is 1.96. The number of anilines is 1. The Morgan fingerprint density at radius 3 is 2.29 bits per heavy atom. The molecule has 118 valence electrons. The van der Waals surface area contributed by atoms with Crippen molar-refractivity contribution in [2.75, 3.05) is 31.6 Å². The number of carbonyl (C=O) groups excluding carboxylic acids is 1. The van der Waals surface area contributed by atoms with Crippen LogP contribution in [0.5, 0.6) is 0 Å². The molecule has 4 nitrogen and oxygen atoms in total. The molecule has 0 aliphatic heterocycles. The molecule has 0 saturated carbocycles. The molecule has 0 atom stereocenters. The Kier molecular flexibility index (Phi) is 7.80. The SMILES string of the molecule is CCCCN(C)c1cncc(C(=O)N(CCC)CCC)c1. The van der Waals surface area contributed by atoms with Crippen LogP contribution in [0.3, 0.4) is 0 Å². The number of rotatable bonds is 9. The molecule has 0 radical (unpaired) electrons. The predicted molar refractivity (Wildman–Crippen MR) is 88.9 cm³/mol. The van der Waals surface area contributed by atoms with Gasteiger partial charge in [0.05, 0.1) is 17.4 Å². The fourth-order valence-corrected chi connectivity index (χ4v) is 2.32. The first kappa shape index (κ1) is 17.5. The highest BCUT2D eigenvalue weighted by atomic mass is 16.2. The predicted octanol–water partition coefficient (Wildman–Crippen LogP) is 3.58. The number of aromatic nitrogens is 1.